The first-order chi connectivity index (χ1) is 8.79. The van der Waals surface area contributed by atoms with Gasteiger partial charge in [0.2, 0.25) is 0 Å². The van der Waals surface area contributed by atoms with Crippen molar-refractivity contribution in [2.75, 3.05) is 33.4 Å². The van der Waals surface area contributed by atoms with Crippen molar-refractivity contribution >= 4 is 5.91 Å². The van der Waals surface area contributed by atoms with Crippen molar-refractivity contribution in [3.05, 3.63) is 29.8 Å². The Morgan fingerprint density at radius 1 is 1.50 bits per heavy atom. The van der Waals surface area contributed by atoms with E-state index in [1.54, 1.807) is 31.4 Å². The van der Waals surface area contributed by atoms with E-state index in [1.807, 2.05) is 0 Å². The van der Waals surface area contributed by atoms with Crippen molar-refractivity contribution in [1.82, 2.24) is 10.6 Å². The molecule has 1 aliphatic rings. The monoisotopic (exact) mass is 250 g/mol. The number of nitrogens with one attached hydrogen (secondary N) is 2. The van der Waals surface area contributed by atoms with Gasteiger partial charge in [-0.15, -0.1) is 0 Å². The third-order valence-corrected chi connectivity index (χ3v) is 2.85. The number of methoxy groups -OCH3 is 1. The molecule has 0 aliphatic carbocycles. The summed E-state index contributed by atoms with van der Waals surface area (Å²) in [6.45, 7) is 2.88. The highest BCUT2D eigenvalue weighted by Crippen LogP contribution is 2.11. The highest BCUT2D eigenvalue weighted by atomic mass is 16.5. The summed E-state index contributed by atoms with van der Waals surface area (Å²) in [4.78, 5) is 11.9. The van der Waals surface area contributed by atoms with Crippen molar-refractivity contribution in [2.24, 2.45) is 0 Å². The molecule has 2 N–H and O–H groups in total. The summed E-state index contributed by atoms with van der Waals surface area (Å²) in [5.74, 6) is 0.651. The lowest BCUT2D eigenvalue weighted by Gasteiger charge is -2.23. The summed E-state index contributed by atoms with van der Waals surface area (Å²) in [7, 11) is 1.60. The second kappa shape index (κ2) is 6.37. The van der Waals surface area contributed by atoms with Crippen molar-refractivity contribution < 1.29 is 14.3 Å². The van der Waals surface area contributed by atoms with Crippen LogP contribution in [0.2, 0.25) is 0 Å². The van der Waals surface area contributed by atoms with Gasteiger partial charge in [-0.1, -0.05) is 0 Å². The fourth-order valence-electron chi connectivity index (χ4n) is 1.80. The van der Waals surface area contributed by atoms with Crippen LogP contribution in [0.25, 0.3) is 0 Å². The van der Waals surface area contributed by atoms with Gasteiger partial charge in [0, 0.05) is 25.2 Å². The van der Waals surface area contributed by atoms with E-state index in [1.165, 1.54) is 0 Å². The molecule has 1 aromatic rings. The molecule has 1 saturated heterocycles. The van der Waals surface area contributed by atoms with Gasteiger partial charge in [-0.3, -0.25) is 4.79 Å². The molecule has 0 spiro atoms. The Morgan fingerprint density at radius 2 is 2.28 bits per heavy atom. The molecule has 1 atom stereocenters. The molecule has 5 nitrogen and oxygen atoms in total. The van der Waals surface area contributed by atoms with Crippen LogP contribution in [0.3, 0.4) is 0 Å². The van der Waals surface area contributed by atoms with Gasteiger partial charge < -0.3 is 20.1 Å². The van der Waals surface area contributed by atoms with Crippen LogP contribution in [0.1, 0.15) is 10.4 Å². The van der Waals surface area contributed by atoms with Crippen LogP contribution in [-0.4, -0.2) is 45.4 Å². The fraction of sp³-hybridized carbons (Fsp3) is 0.462. The van der Waals surface area contributed by atoms with E-state index in [9.17, 15) is 4.79 Å². The highest BCUT2D eigenvalue weighted by Gasteiger charge is 2.14. The van der Waals surface area contributed by atoms with E-state index >= 15 is 0 Å². The average Bonchev–Trinajstić information content (AvgIpc) is 2.46. The molecule has 1 unspecified atom stereocenters. The van der Waals surface area contributed by atoms with Gasteiger partial charge in [-0.05, 0) is 24.3 Å². The quantitative estimate of drug-likeness (QED) is 0.813. The molecule has 1 fully saturated rings. The van der Waals surface area contributed by atoms with Crippen LogP contribution in [0, 0.1) is 0 Å². The smallest absolute Gasteiger partial charge is 0.251 e. The first-order valence-electron chi connectivity index (χ1n) is 6.04. The first kappa shape index (κ1) is 12.9. The van der Waals surface area contributed by atoms with Crippen LogP contribution in [-0.2, 0) is 4.74 Å². The van der Waals surface area contributed by atoms with Crippen molar-refractivity contribution in [3.63, 3.8) is 0 Å². The molecule has 1 aliphatic heterocycles. The van der Waals surface area contributed by atoms with Crippen LogP contribution in [0.4, 0.5) is 0 Å². The van der Waals surface area contributed by atoms with Gasteiger partial charge in [0.1, 0.15) is 5.75 Å². The lowest BCUT2D eigenvalue weighted by Crippen LogP contribution is -2.45. The highest BCUT2D eigenvalue weighted by molar-refractivity contribution is 5.94. The van der Waals surface area contributed by atoms with Gasteiger partial charge >= 0.3 is 0 Å². The SMILES string of the molecule is COc1ccc(C(=O)NCC2CNCCO2)cc1. The molecule has 2 rings (SSSR count). The minimum atomic E-state index is -0.0909. The van der Waals surface area contributed by atoms with E-state index < -0.39 is 0 Å². The maximum Gasteiger partial charge on any atom is 0.251 e. The molecule has 1 amide bonds. The number of carbonyl (C=O) groups excluding carboxylic acids is 1. The van der Waals surface area contributed by atoms with Crippen LogP contribution in [0.5, 0.6) is 5.75 Å². The number of carbonyl (C=O) groups is 1. The summed E-state index contributed by atoms with van der Waals surface area (Å²) in [6, 6.07) is 7.03. The lowest BCUT2D eigenvalue weighted by atomic mass is 10.2. The zero-order chi connectivity index (χ0) is 12.8. The van der Waals surface area contributed by atoms with E-state index in [0.29, 0.717) is 18.7 Å². The van der Waals surface area contributed by atoms with Crippen LogP contribution >= 0.6 is 0 Å². The molecule has 1 heterocycles. The number of morpholine rings is 1. The molecule has 0 saturated carbocycles. The number of ether oxygens (including phenoxy) is 2. The zero-order valence-electron chi connectivity index (χ0n) is 10.4. The minimum Gasteiger partial charge on any atom is -0.497 e. The normalized spacial score (nSPS) is 19.3. The average molecular weight is 250 g/mol. The summed E-state index contributed by atoms with van der Waals surface area (Å²) in [5, 5.41) is 6.08. The summed E-state index contributed by atoms with van der Waals surface area (Å²) >= 11 is 0. The van der Waals surface area contributed by atoms with Gasteiger partial charge in [-0.25, -0.2) is 0 Å². The fourth-order valence-corrected chi connectivity index (χ4v) is 1.80. The number of benzene rings is 1. The largest absolute Gasteiger partial charge is 0.497 e. The Morgan fingerprint density at radius 3 is 2.89 bits per heavy atom. The van der Waals surface area contributed by atoms with E-state index in [4.69, 9.17) is 9.47 Å². The Balaban J connectivity index is 1.82. The summed E-state index contributed by atoms with van der Waals surface area (Å²) in [5.41, 5.74) is 0.625. The summed E-state index contributed by atoms with van der Waals surface area (Å²) in [6.07, 6.45) is 0.0564. The topological polar surface area (TPSA) is 59.6 Å². The maximum absolute atomic E-state index is 11.9. The minimum absolute atomic E-state index is 0.0564. The molecule has 98 valence electrons. The summed E-state index contributed by atoms with van der Waals surface area (Å²) < 4.78 is 10.5. The molecular formula is C13H18N2O3. The van der Waals surface area contributed by atoms with Gasteiger partial charge in [-0.2, -0.15) is 0 Å². The molecule has 1 aromatic carbocycles. The van der Waals surface area contributed by atoms with Crippen molar-refractivity contribution in [2.45, 2.75) is 6.10 Å². The zero-order valence-corrected chi connectivity index (χ0v) is 10.4. The second-order valence-corrected chi connectivity index (χ2v) is 4.14. The molecule has 0 bridgehead atoms. The Labute approximate surface area is 106 Å². The first-order valence-corrected chi connectivity index (χ1v) is 6.04. The second-order valence-electron chi connectivity index (χ2n) is 4.14. The predicted molar refractivity (Wildman–Crippen MR) is 67.9 cm³/mol. The standard InChI is InChI=1S/C13H18N2O3/c1-17-11-4-2-10(3-5-11)13(16)15-9-12-8-14-6-7-18-12/h2-5,12,14H,6-9H2,1H3,(H,15,16). The molecule has 0 radical (unpaired) electrons. The van der Waals surface area contributed by atoms with Gasteiger partial charge in [0.15, 0.2) is 0 Å². The van der Waals surface area contributed by atoms with Crippen molar-refractivity contribution in [1.29, 1.82) is 0 Å². The number of hydrogen-bond acceptors (Lipinski definition) is 4. The molecule has 5 heteroatoms. The number of rotatable bonds is 4. The van der Waals surface area contributed by atoms with Gasteiger partial charge in [0.25, 0.3) is 5.91 Å². The van der Waals surface area contributed by atoms with Crippen LogP contribution < -0.4 is 15.4 Å². The van der Waals surface area contributed by atoms with E-state index in [0.717, 1.165) is 18.8 Å². The Kier molecular flexibility index (Phi) is 4.55. The van der Waals surface area contributed by atoms with Crippen molar-refractivity contribution in [3.8, 4) is 5.75 Å². The molecular weight excluding hydrogens is 232 g/mol. The maximum atomic E-state index is 11.9. The Hall–Kier alpha value is -1.59. The van der Waals surface area contributed by atoms with Crippen LogP contribution in [0.15, 0.2) is 24.3 Å². The van der Waals surface area contributed by atoms with Gasteiger partial charge in [0.05, 0.1) is 19.8 Å². The third-order valence-electron chi connectivity index (χ3n) is 2.85. The molecule has 18 heavy (non-hydrogen) atoms. The van der Waals surface area contributed by atoms with E-state index in [-0.39, 0.29) is 12.0 Å². The number of hydrogen-bond donors (Lipinski definition) is 2. The Bertz CT molecular complexity index is 386. The van der Waals surface area contributed by atoms with E-state index in [2.05, 4.69) is 10.6 Å². The molecule has 0 aromatic heterocycles. The third kappa shape index (κ3) is 3.45. The number of amides is 1. The predicted octanol–water partition coefficient (Wildman–Crippen LogP) is 0.413. The lowest BCUT2D eigenvalue weighted by molar-refractivity contribution is 0.0287.